The number of rotatable bonds is 13. The normalized spacial score (nSPS) is 13.0. The van der Waals surface area contributed by atoms with Crippen LogP contribution in [0.15, 0.2) is 54.9 Å². The molecular formula is C31H33N7O3. The molecule has 210 valence electrons. The van der Waals surface area contributed by atoms with Gasteiger partial charge in [0.1, 0.15) is 17.6 Å². The van der Waals surface area contributed by atoms with Gasteiger partial charge >= 0.3 is 0 Å². The number of nitrogens with two attached hydrogens (primary N) is 1. The van der Waals surface area contributed by atoms with E-state index in [-0.39, 0.29) is 12.0 Å². The Morgan fingerprint density at radius 1 is 1.05 bits per heavy atom. The third-order valence-electron chi connectivity index (χ3n) is 7.22. The number of carbonyl (C=O) groups is 2. The summed E-state index contributed by atoms with van der Waals surface area (Å²) in [4.78, 5) is 32.9. The first-order valence-electron chi connectivity index (χ1n) is 13.9. The molecule has 0 radical (unpaired) electrons. The lowest BCUT2D eigenvalue weighted by atomic mass is 9.96. The van der Waals surface area contributed by atoms with Crippen LogP contribution >= 0.6 is 0 Å². The molecule has 2 amide bonds. The number of aromatic nitrogens is 2. The van der Waals surface area contributed by atoms with E-state index < -0.39 is 5.91 Å². The molecule has 41 heavy (non-hydrogen) atoms. The van der Waals surface area contributed by atoms with E-state index in [9.17, 15) is 14.9 Å². The maximum absolute atomic E-state index is 12.3. The predicted octanol–water partition coefficient (Wildman–Crippen LogP) is 3.78. The Kier molecular flexibility index (Phi) is 8.86. The van der Waals surface area contributed by atoms with Crippen LogP contribution in [-0.2, 0) is 11.3 Å². The molecule has 1 aliphatic carbocycles. The van der Waals surface area contributed by atoms with Gasteiger partial charge in [-0.3, -0.25) is 14.6 Å². The molecule has 0 unspecified atom stereocenters. The third-order valence-corrected chi connectivity index (χ3v) is 7.22. The van der Waals surface area contributed by atoms with Crippen LogP contribution in [0.2, 0.25) is 0 Å². The van der Waals surface area contributed by atoms with Crippen molar-refractivity contribution in [3.8, 4) is 11.8 Å². The van der Waals surface area contributed by atoms with E-state index >= 15 is 0 Å². The highest BCUT2D eigenvalue weighted by molar-refractivity contribution is 6.11. The number of carbonyl (C=O) groups excluding carboxylic acids is 2. The second-order valence-corrected chi connectivity index (χ2v) is 10.1. The van der Waals surface area contributed by atoms with Gasteiger partial charge in [0.15, 0.2) is 0 Å². The van der Waals surface area contributed by atoms with Crippen molar-refractivity contribution in [3.63, 3.8) is 0 Å². The molecular weight excluding hydrogens is 518 g/mol. The Balaban J connectivity index is 1.04. The molecule has 2 aromatic heterocycles. The van der Waals surface area contributed by atoms with Crippen LogP contribution < -0.4 is 26.4 Å². The fourth-order valence-corrected chi connectivity index (χ4v) is 4.73. The Hall–Kier alpha value is -4.75. The first kappa shape index (κ1) is 27.8. The first-order valence-corrected chi connectivity index (χ1v) is 13.9. The average molecular weight is 552 g/mol. The number of hydrogen-bond donors (Lipinski definition) is 4. The zero-order valence-corrected chi connectivity index (χ0v) is 22.8. The van der Waals surface area contributed by atoms with Crippen molar-refractivity contribution in [2.45, 2.75) is 44.8 Å². The molecule has 0 spiro atoms. The van der Waals surface area contributed by atoms with Crippen molar-refractivity contribution in [2.75, 3.05) is 25.0 Å². The van der Waals surface area contributed by atoms with Gasteiger partial charge in [-0.25, -0.2) is 4.98 Å². The smallest absolute Gasteiger partial charge is 0.248 e. The second-order valence-electron chi connectivity index (χ2n) is 10.1. The summed E-state index contributed by atoms with van der Waals surface area (Å²) in [5.41, 5.74) is 8.02. The molecule has 4 aromatic rings. The Morgan fingerprint density at radius 3 is 2.71 bits per heavy atom. The molecule has 1 fully saturated rings. The van der Waals surface area contributed by atoms with Crippen LogP contribution in [0, 0.1) is 11.3 Å². The summed E-state index contributed by atoms with van der Waals surface area (Å²) >= 11 is 0. The van der Waals surface area contributed by atoms with Crippen molar-refractivity contribution in [1.29, 1.82) is 5.26 Å². The molecule has 0 atom stereocenters. The number of primary amides is 1. The molecule has 5 N–H and O–H groups in total. The van der Waals surface area contributed by atoms with Crippen LogP contribution in [0.3, 0.4) is 0 Å². The summed E-state index contributed by atoms with van der Waals surface area (Å²) in [6, 6.07) is 15.0. The molecule has 10 nitrogen and oxygen atoms in total. The highest BCUT2D eigenvalue weighted by atomic mass is 16.5. The van der Waals surface area contributed by atoms with Gasteiger partial charge in [-0.05, 0) is 61.6 Å². The summed E-state index contributed by atoms with van der Waals surface area (Å²) in [6.45, 7) is 2.23. The molecule has 0 aliphatic heterocycles. The molecule has 2 aromatic carbocycles. The second kappa shape index (κ2) is 13.1. The van der Waals surface area contributed by atoms with Crippen molar-refractivity contribution in [1.82, 2.24) is 20.6 Å². The molecule has 5 rings (SSSR count). The van der Waals surface area contributed by atoms with Gasteiger partial charge in [-0.15, -0.1) is 0 Å². The van der Waals surface area contributed by atoms with Crippen LogP contribution in [0.5, 0.6) is 5.75 Å². The topological polar surface area (TPSA) is 155 Å². The van der Waals surface area contributed by atoms with Crippen molar-refractivity contribution in [3.05, 3.63) is 71.5 Å². The lowest BCUT2D eigenvalue weighted by molar-refractivity contribution is -0.121. The number of fused-ring (bicyclic) bond motifs is 3. The maximum Gasteiger partial charge on any atom is 0.248 e. The first-order chi connectivity index (χ1) is 20.0. The summed E-state index contributed by atoms with van der Waals surface area (Å²) in [6.07, 6.45) is 8.06. The molecule has 10 heteroatoms. The van der Waals surface area contributed by atoms with Gasteiger partial charge in [-0.2, -0.15) is 5.26 Å². The van der Waals surface area contributed by atoms with Crippen LogP contribution in [-0.4, -0.2) is 47.5 Å². The van der Waals surface area contributed by atoms with Gasteiger partial charge < -0.3 is 26.4 Å². The van der Waals surface area contributed by atoms with Gasteiger partial charge in [0.25, 0.3) is 0 Å². The number of amides is 2. The van der Waals surface area contributed by atoms with E-state index in [1.807, 2.05) is 30.3 Å². The zero-order valence-electron chi connectivity index (χ0n) is 22.8. The highest BCUT2D eigenvalue weighted by Crippen LogP contribution is 2.30. The summed E-state index contributed by atoms with van der Waals surface area (Å²) < 4.78 is 5.89. The fraction of sp³-hybridized carbons (Fsp3) is 0.323. The van der Waals surface area contributed by atoms with E-state index in [0.717, 1.165) is 34.6 Å². The largest absolute Gasteiger partial charge is 0.489 e. The van der Waals surface area contributed by atoms with Gasteiger partial charge in [0.2, 0.25) is 11.8 Å². The molecule has 0 saturated heterocycles. The van der Waals surface area contributed by atoms with E-state index in [0.29, 0.717) is 67.2 Å². The zero-order chi connectivity index (χ0) is 28.6. The number of benzene rings is 2. The van der Waals surface area contributed by atoms with E-state index in [1.165, 1.54) is 6.42 Å². The van der Waals surface area contributed by atoms with Crippen LogP contribution in [0.25, 0.3) is 21.7 Å². The Bertz CT molecular complexity index is 1610. The van der Waals surface area contributed by atoms with E-state index in [4.69, 9.17) is 15.5 Å². The monoisotopic (exact) mass is 551 g/mol. The minimum atomic E-state index is -0.503. The third kappa shape index (κ3) is 6.88. The Morgan fingerprint density at radius 2 is 1.93 bits per heavy atom. The number of ether oxygens (including phenoxy) is 1. The lowest BCUT2D eigenvalue weighted by Crippen LogP contribution is -2.29. The summed E-state index contributed by atoms with van der Waals surface area (Å²) in [5.74, 6) is 0.804. The number of pyridine rings is 2. The molecule has 1 saturated carbocycles. The van der Waals surface area contributed by atoms with Crippen LogP contribution in [0.4, 0.5) is 5.82 Å². The Labute approximate surface area is 238 Å². The molecule has 2 heterocycles. The number of nitriles is 1. The van der Waals surface area contributed by atoms with Gasteiger partial charge in [-0.1, -0.05) is 12.1 Å². The van der Waals surface area contributed by atoms with E-state index in [2.05, 4.69) is 27.0 Å². The SMILES string of the molecule is N#Cc1cc(CNCCC(=O)NCCCNc2nc3cc(C(N)=O)ccc3c3cnccc23)ccc1OC1CCC1. The summed E-state index contributed by atoms with van der Waals surface area (Å²) in [5, 5.41) is 21.8. The highest BCUT2D eigenvalue weighted by Gasteiger charge is 2.20. The lowest BCUT2D eigenvalue weighted by Gasteiger charge is -2.26. The predicted molar refractivity (Wildman–Crippen MR) is 157 cm³/mol. The van der Waals surface area contributed by atoms with Crippen molar-refractivity contribution < 1.29 is 14.3 Å². The fourth-order valence-electron chi connectivity index (χ4n) is 4.73. The van der Waals surface area contributed by atoms with Gasteiger partial charge in [0, 0.05) is 66.7 Å². The molecule has 1 aliphatic rings. The van der Waals surface area contributed by atoms with Gasteiger partial charge in [0.05, 0.1) is 17.2 Å². The summed E-state index contributed by atoms with van der Waals surface area (Å²) in [7, 11) is 0. The van der Waals surface area contributed by atoms with Crippen LogP contribution in [0.1, 0.15) is 53.6 Å². The van der Waals surface area contributed by atoms with Crippen molar-refractivity contribution >= 4 is 39.3 Å². The van der Waals surface area contributed by atoms with Crippen molar-refractivity contribution in [2.24, 2.45) is 5.73 Å². The average Bonchev–Trinajstić information content (AvgIpc) is 2.97. The quantitative estimate of drug-likeness (QED) is 0.145. The minimum absolute atomic E-state index is 0.0289. The molecule has 0 bridgehead atoms. The number of nitrogens with zero attached hydrogens (tertiary/aromatic N) is 3. The number of nitrogens with one attached hydrogen (secondary N) is 3. The standard InChI is InChI=1S/C31H33N7O3/c32-17-22-15-20(5-8-28(22)41-23-3-1-4-23)18-34-14-10-29(39)36-11-2-12-37-31-25-9-13-35-19-26(25)24-7-6-21(30(33)40)16-27(24)38-31/h5-9,13,15-16,19,23,34H,1-4,10-12,14,18H2,(H2,33,40)(H,36,39)(H,37,38). The minimum Gasteiger partial charge on any atom is -0.489 e. The maximum atomic E-state index is 12.3. The number of hydrogen-bond acceptors (Lipinski definition) is 8. The number of anilines is 1. The van der Waals surface area contributed by atoms with E-state index in [1.54, 1.807) is 24.5 Å².